The number of pyridine rings is 1. The van der Waals surface area contributed by atoms with Gasteiger partial charge in [0.2, 0.25) is 0 Å². The van der Waals surface area contributed by atoms with Gasteiger partial charge in [-0.15, -0.1) is 24.8 Å². The number of halogens is 2. The van der Waals surface area contributed by atoms with Gasteiger partial charge in [0, 0.05) is 37.3 Å². The number of hydrogen-bond acceptors (Lipinski definition) is 3. The lowest BCUT2D eigenvalue weighted by atomic mass is 9.97. The van der Waals surface area contributed by atoms with E-state index in [0.717, 1.165) is 35.1 Å². The van der Waals surface area contributed by atoms with Gasteiger partial charge >= 0.3 is 0 Å². The summed E-state index contributed by atoms with van der Waals surface area (Å²) in [5.74, 6) is 0.621. The Morgan fingerprint density at radius 1 is 1.14 bits per heavy atom. The molecule has 1 aliphatic heterocycles. The van der Waals surface area contributed by atoms with Crippen LogP contribution in [0.3, 0.4) is 0 Å². The summed E-state index contributed by atoms with van der Waals surface area (Å²) >= 11 is 0. The van der Waals surface area contributed by atoms with E-state index in [1.807, 2.05) is 43.4 Å². The molecule has 2 heterocycles. The highest BCUT2D eigenvalue weighted by atomic mass is 35.5. The smallest absolute Gasteiger partial charge is 0.253 e. The number of hydrogen-bond donors (Lipinski definition) is 1. The van der Waals surface area contributed by atoms with E-state index in [4.69, 9.17) is 0 Å². The molecule has 2 aromatic carbocycles. The Kier molecular flexibility index (Phi) is 7.81. The van der Waals surface area contributed by atoms with Crippen molar-refractivity contribution in [3.05, 3.63) is 77.5 Å². The second kappa shape index (κ2) is 9.87. The maximum atomic E-state index is 12.7. The maximum absolute atomic E-state index is 12.7. The van der Waals surface area contributed by atoms with E-state index < -0.39 is 0 Å². The minimum absolute atomic E-state index is 0. The van der Waals surface area contributed by atoms with Crippen molar-refractivity contribution in [2.45, 2.75) is 18.9 Å². The van der Waals surface area contributed by atoms with Gasteiger partial charge in [-0.3, -0.25) is 9.78 Å². The van der Waals surface area contributed by atoms with Crippen LogP contribution in [-0.2, 0) is 6.54 Å². The quantitative estimate of drug-likeness (QED) is 0.682. The fraction of sp³-hybridized carbons (Fsp3) is 0.273. The van der Waals surface area contributed by atoms with Gasteiger partial charge < -0.3 is 10.2 Å². The third-order valence-corrected chi connectivity index (χ3v) is 5.12. The molecular formula is C22H25Cl2N3O. The van der Waals surface area contributed by atoms with Gasteiger partial charge in [0.05, 0.1) is 5.52 Å². The van der Waals surface area contributed by atoms with Crippen molar-refractivity contribution < 1.29 is 4.79 Å². The second-order valence-corrected chi connectivity index (χ2v) is 7.00. The first-order valence-corrected chi connectivity index (χ1v) is 9.10. The van der Waals surface area contributed by atoms with Gasteiger partial charge in [0.15, 0.2) is 0 Å². The number of nitrogens with zero attached hydrogens (tertiary/aromatic N) is 2. The molecule has 1 aliphatic rings. The Balaban J connectivity index is 0.00000140. The highest BCUT2D eigenvalue weighted by molar-refractivity contribution is 5.94. The standard InChI is InChI=1S/C22H23N3O.2ClH/c1-25(15-16-4-9-21-19(13-16)3-2-11-24-21)22(26)18-7-5-17(6-8-18)20-10-12-23-14-20;;/h2-9,11,13,20,23H,10,12,14-15H2,1H3;2*1H. The summed E-state index contributed by atoms with van der Waals surface area (Å²) in [6, 6.07) is 18.2. The van der Waals surface area contributed by atoms with E-state index in [-0.39, 0.29) is 30.7 Å². The molecule has 0 radical (unpaired) electrons. The summed E-state index contributed by atoms with van der Waals surface area (Å²) in [5.41, 5.74) is 4.14. The molecule has 4 rings (SSSR count). The lowest BCUT2D eigenvalue weighted by Gasteiger charge is -2.18. The van der Waals surface area contributed by atoms with Crippen LogP contribution >= 0.6 is 24.8 Å². The van der Waals surface area contributed by atoms with Gasteiger partial charge in [-0.25, -0.2) is 0 Å². The van der Waals surface area contributed by atoms with E-state index in [1.165, 1.54) is 12.0 Å². The van der Waals surface area contributed by atoms with E-state index in [1.54, 1.807) is 11.1 Å². The molecule has 1 unspecified atom stereocenters. The lowest BCUT2D eigenvalue weighted by molar-refractivity contribution is 0.0785. The summed E-state index contributed by atoms with van der Waals surface area (Å²) < 4.78 is 0. The van der Waals surface area contributed by atoms with Crippen LogP contribution in [0.15, 0.2) is 60.8 Å². The molecule has 1 N–H and O–H groups in total. The van der Waals surface area contributed by atoms with Crippen LogP contribution in [0.2, 0.25) is 0 Å². The fourth-order valence-corrected chi connectivity index (χ4v) is 3.63. The summed E-state index contributed by atoms with van der Waals surface area (Å²) in [4.78, 5) is 18.9. The molecule has 6 heteroatoms. The molecule has 0 aliphatic carbocycles. The van der Waals surface area contributed by atoms with Crippen molar-refractivity contribution in [2.75, 3.05) is 20.1 Å². The zero-order valence-electron chi connectivity index (χ0n) is 15.8. The summed E-state index contributed by atoms with van der Waals surface area (Å²) in [6.45, 7) is 2.69. The van der Waals surface area contributed by atoms with Crippen LogP contribution in [0, 0.1) is 0 Å². The average Bonchev–Trinajstić information content (AvgIpc) is 3.22. The molecule has 148 valence electrons. The normalized spacial score (nSPS) is 15.5. The molecule has 0 saturated carbocycles. The van der Waals surface area contributed by atoms with Gasteiger partial charge in [-0.2, -0.15) is 0 Å². The molecule has 1 amide bonds. The molecule has 1 fully saturated rings. The number of amides is 1. The number of carbonyl (C=O) groups excluding carboxylic acids is 1. The molecule has 0 bridgehead atoms. The Morgan fingerprint density at radius 2 is 1.93 bits per heavy atom. The van der Waals surface area contributed by atoms with Gasteiger partial charge in [0.25, 0.3) is 5.91 Å². The van der Waals surface area contributed by atoms with Crippen molar-refractivity contribution >= 4 is 41.6 Å². The van der Waals surface area contributed by atoms with E-state index >= 15 is 0 Å². The number of benzene rings is 2. The van der Waals surface area contributed by atoms with Crippen LogP contribution in [0.5, 0.6) is 0 Å². The zero-order chi connectivity index (χ0) is 17.9. The number of aromatic nitrogens is 1. The first kappa shape index (κ1) is 22.2. The van der Waals surface area contributed by atoms with Gasteiger partial charge in [-0.1, -0.05) is 24.3 Å². The van der Waals surface area contributed by atoms with Crippen LogP contribution in [0.25, 0.3) is 10.9 Å². The molecule has 4 nitrogen and oxygen atoms in total. The first-order chi connectivity index (χ1) is 12.7. The maximum Gasteiger partial charge on any atom is 0.253 e. The van der Waals surface area contributed by atoms with E-state index in [2.05, 4.69) is 28.5 Å². The third-order valence-electron chi connectivity index (χ3n) is 5.12. The summed E-state index contributed by atoms with van der Waals surface area (Å²) in [7, 11) is 1.85. The average molecular weight is 418 g/mol. The van der Waals surface area contributed by atoms with Crippen molar-refractivity contribution in [1.29, 1.82) is 0 Å². The molecular weight excluding hydrogens is 393 g/mol. The Labute approximate surface area is 178 Å². The number of fused-ring (bicyclic) bond motifs is 1. The zero-order valence-corrected chi connectivity index (χ0v) is 17.4. The largest absolute Gasteiger partial charge is 0.337 e. The minimum atomic E-state index is 0. The number of nitrogens with one attached hydrogen (secondary N) is 1. The fourth-order valence-electron chi connectivity index (χ4n) is 3.63. The highest BCUT2D eigenvalue weighted by Crippen LogP contribution is 2.23. The second-order valence-electron chi connectivity index (χ2n) is 7.00. The molecule has 28 heavy (non-hydrogen) atoms. The van der Waals surface area contributed by atoms with Crippen LogP contribution in [-0.4, -0.2) is 35.9 Å². The molecule has 3 aromatic rings. The Hall–Kier alpha value is -2.14. The molecule has 1 atom stereocenters. The van der Waals surface area contributed by atoms with Gasteiger partial charge in [-0.05, 0) is 60.3 Å². The minimum Gasteiger partial charge on any atom is -0.337 e. The van der Waals surface area contributed by atoms with Crippen molar-refractivity contribution in [1.82, 2.24) is 15.2 Å². The Morgan fingerprint density at radius 3 is 2.64 bits per heavy atom. The topological polar surface area (TPSA) is 45.2 Å². The molecule has 1 saturated heterocycles. The van der Waals surface area contributed by atoms with Crippen molar-refractivity contribution in [2.24, 2.45) is 0 Å². The first-order valence-electron chi connectivity index (χ1n) is 9.10. The monoisotopic (exact) mass is 417 g/mol. The van der Waals surface area contributed by atoms with Crippen LogP contribution in [0.1, 0.15) is 33.8 Å². The Bertz CT molecular complexity index is 924. The predicted molar refractivity (Wildman–Crippen MR) is 119 cm³/mol. The van der Waals surface area contributed by atoms with E-state index in [9.17, 15) is 4.79 Å². The summed E-state index contributed by atoms with van der Waals surface area (Å²) in [5, 5.41) is 4.48. The SMILES string of the molecule is CN(Cc1ccc2ncccc2c1)C(=O)c1ccc(C2CCNC2)cc1.Cl.Cl. The predicted octanol–water partition coefficient (Wildman–Crippen LogP) is 4.43. The summed E-state index contributed by atoms with van der Waals surface area (Å²) in [6.07, 6.45) is 2.97. The third kappa shape index (κ3) is 4.82. The lowest BCUT2D eigenvalue weighted by Crippen LogP contribution is -2.26. The number of carbonyl (C=O) groups is 1. The molecule has 0 spiro atoms. The highest BCUT2D eigenvalue weighted by Gasteiger charge is 2.18. The van der Waals surface area contributed by atoms with Crippen molar-refractivity contribution in [3.8, 4) is 0 Å². The van der Waals surface area contributed by atoms with Gasteiger partial charge in [0.1, 0.15) is 0 Å². The number of rotatable bonds is 4. The molecule has 1 aromatic heterocycles. The van der Waals surface area contributed by atoms with Crippen LogP contribution < -0.4 is 5.32 Å². The van der Waals surface area contributed by atoms with E-state index in [0.29, 0.717) is 12.5 Å². The van der Waals surface area contributed by atoms with Crippen molar-refractivity contribution in [3.63, 3.8) is 0 Å². The van der Waals surface area contributed by atoms with Crippen LogP contribution in [0.4, 0.5) is 0 Å².